The van der Waals surface area contributed by atoms with E-state index in [1.165, 1.54) is 18.2 Å². The fourth-order valence-corrected chi connectivity index (χ4v) is 6.53. The van der Waals surface area contributed by atoms with Crippen LogP contribution in [0.3, 0.4) is 0 Å². The van der Waals surface area contributed by atoms with Gasteiger partial charge in [0.25, 0.3) is 0 Å². The lowest BCUT2D eigenvalue weighted by molar-refractivity contribution is -0.136. The van der Waals surface area contributed by atoms with Gasteiger partial charge in [0.1, 0.15) is 17.4 Å². The van der Waals surface area contributed by atoms with Crippen LogP contribution in [0.15, 0.2) is 87.0 Å². The van der Waals surface area contributed by atoms with Gasteiger partial charge in [-0.15, -0.1) is 0 Å². The summed E-state index contributed by atoms with van der Waals surface area (Å²) in [6.45, 7) is 1.86. The van der Waals surface area contributed by atoms with Crippen LogP contribution in [-0.4, -0.2) is 25.4 Å². The molecular formula is C31H28N2O6S. The molecule has 40 heavy (non-hydrogen) atoms. The van der Waals surface area contributed by atoms with E-state index in [9.17, 15) is 18.0 Å². The van der Waals surface area contributed by atoms with Crippen LogP contribution in [0.1, 0.15) is 35.1 Å². The summed E-state index contributed by atoms with van der Waals surface area (Å²) in [6.07, 6.45) is 5.27. The Kier molecular flexibility index (Phi) is 6.77. The zero-order valence-electron chi connectivity index (χ0n) is 21.9. The van der Waals surface area contributed by atoms with E-state index >= 15 is 0 Å². The van der Waals surface area contributed by atoms with E-state index in [0.717, 1.165) is 52.2 Å². The number of esters is 1. The molecule has 1 unspecified atom stereocenters. The molecule has 1 aliphatic carbocycles. The summed E-state index contributed by atoms with van der Waals surface area (Å²) in [5, 5.41) is 1.71. The van der Waals surface area contributed by atoms with Crippen LogP contribution in [0.4, 0.5) is 0 Å². The van der Waals surface area contributed by atoms with E-state index in [1.807, 2.05) is 31.2 Å². The topological polar surface area (TPSA) is 118 Å². The minimum atomic E-state index is -4.04. The molecule has 1 atom stereocenters. The molecule has 0 saturated carbocycles. The largest absolute Gasteiger partial charge is 0.425 e. The van der Waals surface area contributed by atoms with Gasteiger partial charge in [-0.05, 0) is 74.1 Å². The molecule has 0 radical (unpaired) electrons. The summed E-state index contributed by atoms with van der Waals surface area (Å²) in [5.41, 5.74) is 4.22. The summed E-state index contributed by atoms with van der Waals surface area (Å²) in [6, 6.07) is 17.7. The number of aromatic nitrogens is 1. The second-order valence-corrected chi connectivity index (χ2v) is 11.9. The van der Waals surface area contributed by atoms with Crippen molar-refractivity contribution in [2.75, 3.05) is 0 Å². The number of aryl methyl sites for hydroxylation is 2. The molecule has 0 bridgehead atoms. The first-order chi connectivity index (χ1) is 19.3. The Balaban J connectivity index is 1.32. The first-order valence-electron chi connectivity index (χ1n) is 13.2. The first-order valence-corrected chi connectivity index (χ1v) is 14.7. The molecule has 2 N–H and O–H groups in total. The molecule has 8 nitrogen and oxygen atoms in total. The highest BCUT2D eigenvalue weighted by Gasteiger charge is 2.29. The Labute approximate surface area is 231 Å². The molecule has 204 valence electrons. The number of aromatic amines is 1. The normalized spacial score (nSPS) is 14.2. The van der Waals surface area contributed by atoms with Gasteiger partial charge >= 0.3 is 11.6 Å². The number of carbonyl (C=O) groups is 1. The number of para-hydroxylation sites is 1. The van der Waals surface area contributed by atoms with Crippen molar-refractivity contribution in [3.8, 4) is 5.75 Å². The number of benzene rings is 3. The van der Waals surface area contributed by atoms with Crippen LogP contribution in [0, 0.1) is 6.92 Å². The van der Waals surface area contributed by atoms with Crippen molar-refractivity contribution in [1.29, 1.82) is 0 Å². The predicted octanol–water partition coefficient (Wildman–Crippen LogP) is 4.96. The standard InChI is InChI=1S/C31H28N2O6S/c1-19-10-13-22(14-11-19)40(36,37)33-28(16-20-18-32-27-9-5-4-6-23(20)27)31(35)38-21-12-15-25-24-7-2-3-8-26(24)30(34)39-29(25)17-21/h4-6,9-15,17-18,28,32-33H,2-3,7-8,16H2,1H3. The van der Waals surface area contributed by atoms with Gasteiger partial charge in [-0.2, -0.15) is 4.72 Å². The molecule has 1 aliphatic rings. The molecule has 5 aromatic rings. The molecule has 0 spiro atoms. The van der Waals surface area contributed by atoms with Gasteiger partial charge in [0.15, 0.2) is 0 Å². The third-order valence-corrected chi connectivity index (χ3v) is 8.91. The minimum Gasteiger partial charge on any atom is -0.425 e. The van der Waals surface area contributed by atoms with Gasteiger partial charge in [0, 0.05) is 40.5 Å². The number of fused-ring (bicyclic) bond motifs is 4. The minimum absolute atomic E-state index is 0.0482. The number of rotatable bonds is 7. The number of H-pyrrole nitrogens is 1. The third kappa shape index (κ3) is 5.05. The van der Waals surface area contributed by atoms with Crippen LogP contribution < -0.4 is 15.1 Å². The van der Waals surface area contributed by atoms with Crippen LogP contribution in [0.5, 0.6) is 5.75 Å². The number of hydrogen-bond acceptors (Lipinski definition) is 6. The second kappa shape index (κ2) is 10.4. The zero-order valence-corrected chi connectivity index (χ0v) is 22.7. The van der Waals surface area contributed by atoms with Crippen molar-refractivity contribution in [2.45, 2.75) is 50.0 Å². The maximum atomic E-state index is 13.5. The number of hydrogen-bond donors (Lipinski definition) is 2. The van der Waals surface area contributed by atoms with E-state index in [2.05, 4.69) is 9.71 Å². The number of carbonyl (C=O) groups excluding carboxylic acids is 1. The van der Waals surface area contributed by atoms with Crippen LogP contribution in [-0.2, 0) is 34.1 Å². The van der Waals surface area contributed by atoms with Gasteiger partial charge in [0.2, 0.25) is 10.0 Å². The highest BCUT2D eigenvalue weighted by Crippen LogP contribution is 2.29. The molecule has 0 aliphatic heterocycles. The average Bonchev–Trinajstić information content (AvgIpc) is 3.35. The molecule has 6 rings (SSSR count). The second-order valence-electron chi connectivity index (χ2n) is 10.2. The molecule has 2 heterocycles. The number of sulfonamides is 1. The van der Waals surface area contributed by atoms with Crippen molar-refractivity contribution in [3.05, 3.63) is 106 Å². The lowest BCUT2D eigenvalue weighted by Crippen LogP contribution is -2.44. The lowest BCUT2D eigenvalue weighted by atomic mass is 9.91. The number of nitrogens with one attached hydrogen (secondary N) is 2. The SMILES string of the molecule is Cc1ccc(S(=O)(=O)NC(Cc2c[nH]c3ccccc23)C(=O)Oc2ccc3c4c(c(=O)oc3c2)CCCC4)cc1. The molecule has 0 amide bonds. The fraction of sp³-hybridized carbons (Fsp3) is 0.226. The Bertz CT molecular complexity index is 1900. The summed E-state index contributed by atoms with van der Waals surface area (Å²) < 4.78 is 40.4. The highest BCUT2D eigenvalue weighted by atomic mass is 32.2. The summed E-state index contributed by atoms with van der Waals surface area (Å²) in [4.78, 5) is 29.3. The first kappa shape index (κ1) is 26.0. The fourth-order valence-electron chi connectivity index (χ4n) is 5.34. The predicted molar refractivity (Wildman–Crippen MR) is 152 cm³/mol. The monoisotopic (exact) mass is 556 g/mol. The van der Waals surface area contributed by atoms with E-state index < -0.39 is 22.0 Å². The van der Waals surface area contributed by atoms with Crippen LogP contribution in [0.25, 0.3) is 21.9 Å². The zero-order chi connectivity index (χ0) is 27.9. The van der Waals surface area contributed by atoms with Crippen molar-refractivity contribution in [2.24, 2.45) is 0 Å². The molecular weight excluding hydrogens is 528 g/mol. The van der Waals surface area contributed by atoms with Crippen molar-refractivity contribution in [3.63, 3.8) is 0 Å². The van der Waals surface area contributed by atoms with Crippen LogP contribution in [0.2, 0.25) is 0 Å². The van der Waals surface area contributed by atoms with E-state index in [-0.39, 0.29) is 22.7 Å². The molecule has 9 heteroatoms. The summed E-state index contributed by atoms with van der Waals surface area (Å²) >= 11 is 0. The van der Waals surface area contributed by atoms with Crippen molar-refractivity contribution >= 4 is 37.9 Å². The third-order valence-electron chi connectivity index (χ3n) is 7.43. The quantitative estimate of drug-likeness (QED) is 0.166. The Morgan fingerprint density at radius 1 is 1.00 bits per heavy atom. The lowest BCUT2D eigenvalue weighted by Gasteiger charge is -2.19. The van der Waals surface area contributed by atoms with Gasteiger partial charge in [-0.25, -0.2) is 18.0 Å². The van der Waals surface area contributed by atoms with E-state index in [1.54, 1.807) is 30.5 Å². The molecule has 0 saturated heterocycles. The summed E-state index contributed by atoms with van der Waals surface area (Å²) in [7, 11) is -4.04. The van der Waals surface area contributed by atoms with E-state index in [0.29, 0.717) is 17.6 Å². The Morgan fingerprint density at radius 3 is 2.55 bits per heavy atom. The maximum Gasteiger partial charge on any atom is 0.339 e. The number of ether oxygens (including phenoxy) is 1. The molecule has 3 aromatic carbocycles. The Morgan fingerprint density at radius 2 is 1.75 bits per heavy atom. The maximum absolute atomic E-state index is 13.5. The molecule has 0 fully saturated rings. The Hall–Kier alpha value is -4.21. The molecule has 2 aromatic heterocycles. The van der Waals surface area contributed by atoms with Crippen molar-refractivity contribution < 1.29 is 22.4 Å². The average molecular weight is 557 g/mol. The highest BCUT2D eigenvalue weighted by molar-refractivity contribution is 7.89. The van der Waals surface area contributed by atoms with Gasteiger partial charge < -0.3 is 14.1 Å². The van der Waals surface area contributed by atoms with E-state index in [4.69, 9.17) is 9.15 Å². The van der Waals surface area contributed by atoms with Gasteiger partial charge in [-0.1, -0.05) is 35.9 Å². The van der Waals surface area contributed by atoms with Crippen molar-refractivity contribution in [1.82, 2.24) is 9.71 Å². The van der Waals surface area contributed by atoms with Gasteiger partial charge in [0.05, 0.1) is 4.90 Å². The smallest absolute Gasteiger partial charge is 0.339 e. The summed E-state index contributed by atoms with van der Waals surface area (Å²) in [5.74, 6) is -0.615. The van der Waals surface area contributed by atoms with Gasteiger partial charge in [-0.3, -0.25) is 0 Å². The van der Waals surface area contributed by atoms with Crippen LogP contribution >= 0.6 is 0 Å².